The predicted octanol–water partition coefficient (Wildman–Crippen LogP) is 3.72. The summed E-state index contributed by atoms with van der Waals surface area (Å²) >= 11 is 0. The van der Waals surface area contributed by atoms with E-state index < -0.39 is 6.04 Å². The van der Waals surface area contributed by atoms with Crippen LogP contribution in [0.15, 0.2) is 30.5 Å². The van der Waals surface area contributed by atoms with E-state index in [2.05, 4.69) is 47.4 Å². The highest BCUT2D eigenvalue weighted by Gasteiger charge is 2.20. The molecule has 0 radical (unpaired) electrons. The van der Waals surface area contributed by atoms with Gasteiger partial charge in [-0.1, -0.05) is 12.1 Å². The second kappa shape index (κ2) is 6.78. The first-order valence-corrected chi connectivity index (χ1v) is 8.71. The minimum Gasteiger partial charge on any atom is -0.313 e. The number of carbonyl (C=O) groups excluding carboxylic acids is 1. The second-order valence-corrected chi connectivity index (χ2v) is 6.86. The third-order valence-corrected chi connectivity index (χ3v) is 4.82. The number of hydrogen-bond donors (Lipinski definition) is 1. The molecule has 136 valence electrons. The molecule has 6 nitrogen and oxygen atoms in total. The van der Waals surface area contributed by atoms with Gasteiger partial charge in [-0.2, -0.15) is 5.10 Å². The van der Waals surface area contributed by atoms with E-state index in [1.165, 1.54) is 11.1 Å². The zero-order valence-electron chi connectivity index (χ0n) is 16.2. The predicted molar refractivity (Wildman–Crippen MR) is 103 cm³/mol. The van der Waals surface area contributed by atoms with Gasteiger partial charge in [0, 0.05) is 18.3 Å². The molecule has 1 aromatic carbocycles. The summed E-state index contributed by atoms with van der Waals surface area (Å²) in [6, 6.07) is 7.86. The summed E-state index contributed by atoms with van der Waals surface area (Å²) in [7, 11) is 1.90. The van der Waals surface area contributed by atoms with Crippen molar-refractivity contribution in [1.29, 1.82) is 0 Å². The first-order chi connectivity index (χ1) is 12.3. The first-order valence-electron chi connectivity index (χ1n) is 8.71. The van der Waals surface area contributed by atoms with Crippen molar-refractivity contribution in [2.45, 2.75) is 40.7 Å². The SMILES string of the molecule is Cc1cc(C)n([C@@H](C)C(=O)Nc2ncc(-c3ccc(C)c(C)c3)n2C)n1. The Morgan fingerprint density at radius 1 is 1.12 bits per heavy atom. The molecule has 1 amide bonds. The Morgan fingerprint density at radius 2 is 1.85 bits per heavy atom. The molecule has 6 heteroatoms. The smallest absolute Gasteiger partial charge is 0.251 e. The fraction of sp³-hybridized carbons (Fsp3) is 0.350. The molecule has 0 aliphatic heterocycles. The summed E-state index contributed by atoms with van der Waals surface area (Å²) in [4.78, 5) is 17.0. The fourth-order valence-electron chi connectivity index (χ4n) is 3.06. The Bertz CT molecular complexity index is 967. The van der Waals surface area contributed by atoms with Crippen LogP contribution in [0.1, 0.15) is 35.5 Å². The maximum absolute atomic E-state index is 12.6. The van der Waals surface area contributed by atoms with Crippen molar-refractivity contribution in [1.82, 2.24) is 19.3 Å². The van der Waals surface area contributed by atoms with Crippen LogP contribution in [0, 0.1) is 27.7 Å². The standard InChI is InChI=1S/C20H25N5O/c1-12-7-8-17(9-13(12)2)18-11-21-20(24(18)6)22-19(26)16(5)25-15(4)10-14(3)23-25/h7-11,16H,1-6H3,(H,21,22,26)/t16-/m0/s1. The van der Waals surface area contributed by atoms with Crippen LogP contribution in [0.5, 0.6) is 0 Å². The third-order valence-electron chi connectivity index (χ3n) is 4.82. The molecule has 3 aromatic rings. The number of nitrogens with zero attached hydrogens (tertiary/aromatic N) is 4. The Balaban J connectivity index is 1.82. The van der Waals surface area contributed by atoms with Gasteiger partial charge in [0.05, 0.1) is 17.6 Å². The molecule has 0 bridgehead atoms. The minimum absolute atomic E-state index is 0.142. The lowest BCUT2D eigenvalue weighted by atomic mass is 10.0. The van der Waals surface area contributed by atoms with E-state index in [4.69, 9.17) is 0 Å². The topological polar surface area (TPSA) is 64.7 Å². The average molecular weight is 351 g/mol. The van der Waals surface area contributed by atoms with E-state index in [-0.39, 0.29) is 5.91 Å². The minimum atomic E-state index is -0.412. The van der Waals surface area contributed by atoms with Crippen molar-refractivity contribution < 1.29 is 4.79 Å². The van der Waals surface area contributed by atoms with Gasteiger partial charge < -0.3 is 4.57 Å². The molecule has 0 fully saturated rings. The van der Waals surface area contributed by atoms with Crippen LogP contribution in [0.25, 0.3) is 11.3 Å². The fourth-order valence-corrected chi connectivity index (χ4v) is 3.06. The molecule has 0 saturated heterocycles. The molecule has 1 N–H and O–H groups in total. The molecule has 2 heterocycles. The third kappa shape index (κ3) is 3.27. The lowest BCUT2D eigenvalue weighted by Crippen LogP contribution is -2.26. The van der Waals surface area contributed by atoms with Crippen molar-refractivity contribution in [3.8, 4) is 11.3 Å². The average Bonchev–Trinajstić information content (AvgIpc) is 3.12. The maximum atomic E-state index is 12.6. The van der Waals surface area contributed by atoms with Crippen molar-refractivity contribution >= 4 is 11.9 Å². The van der Waals surface area contributed by atoms with Gasteiger partial charge in [0.1, 0.15) is 6.04 Å². The van der Waals surface area contributed by atoms with E-state index in [0.717, 1.165) is 22.6 Å². The van der Waals surface area contributed by atoms with Gasteiger partial charge in [-0.25, -0.2) is 4.98 Å². The van der Waals surface area contributed by atoms with Crippen molar-refractivity contribution in [3.63, 3.8) is 0 Å². The van der Waals surface area contributed by atoms with Gasteiger partial charge in [-0.3, -0.25) is 14.8 Å². The van der Waals surface area contributed by atoms with E-state index in [1.54, 1.807) is 10.9 Å². The van der Waals surface area contributed by atoms with Gasteiger partial charge in [-0.15, -0.1) is 0 Å². The molecule has 2 aromatic heterocycles. The Hall–Kier alpha value is -2.89. The summed E-state index contributed by atoms with van der Waals surface area (Å²) in [5, 5.41) is 7.31. The summed E-state index contributed by atoms with van der Waals surface area (Å²) in [6.07, 6.45) is 1.79. The number of nitrogens with one attached hydrogen (secondary N) is 1. The highest BCUT2D eigenvalue weighted by Crippen LogP contribution is 2.24. The van der Waals surface area contributed by atoms with E-state index >= 15 is 0 Å². The Kier molecular flexibility index (Phi) is 4.68. The molecule has 0 unspecified atom stereocenters. The highest BCUT2D eigenvalue weighted by atomic mass is 16.2. The number of hydrogen-bond acceptors (Lipinski definition) is 3. The largest absolute Gasteiger partial charge is 0.313 e. The molecular formula is C20H25N5O. The first kappa shape index (κ1) is 17.9. The molecule has 0 aliphatic rings. The van der Waals surface area contributed by atoms with Crippen LogP contribution in [-0.4, -0.2) is 25.2 Å². The lowest BCUT2D eigenvalue weighted by molar-refractivity contribution is -0.119. The Labute approximate surface area is 153 Å². The van der Waals surface area contributed by atoms with Crippen LogP contribution < -0.4 is 5.32 Å². The zero-order valence-corrected chi connectivity index (χ0v) is 16.2. The molecule has 3 rings (SSSR count). The van der Waals surface area contributed by atoms with Gasteiger partial charge >= 0.3 is 0 Å². The highest BCUT2D eigenvalue weighted by molar-refractivity contribution is 5.92. The number of amides is 1. The van der Waals surface area contributed by atoms with Crippen molar-refractivity contribution in [2.75, 3.05) is 5.32 Å². The maximum Gasteiger partial charge on any atom is 0.251 e. The molecule has 0 aliphatic carbocycles. The van der Waals surface area contributed by atoms with Crippen LogP contribution in [0.3, 0.4) is 0 Å². The molecule has 1 atom stereocenters. The number of imidazole rings is 1. The van der Waals surface area contributed by atoms with Gasteiger partial charge in [0.25, 0.3) is 5.91 Å². The number of anilines is 1. The molecule has 0 saturated carbocycles. The number of aromatic nitrogens is 4. The zero-order chi connectivity index (χ0) is 19.0. The van der Waals surface area contributed by atoms with Gasteiger partial charge in [0.15, 0.2) is 0 Å². The number of benzene rings is 1. The molecule has 26 heavy (non-hydrogen) atoms. The monoisotopic (exact) mass is 351 g/mol. The second-order valence-electron chi connectivity index (χ2n) is 6.86. The van der Waals surface area contributed by atoms with Crippen LogP contribution >= 0.6 is 0 Å². The molecular weight excluding hydrogens is 326 g/mol. The van der Waals surface area contributed by atoms with Crippen LogP contribution in [0.2, 0.25) is 0 Å². The lowest BCUT2D eigenvalue weighted by Gasteiger charge is -2.14. The summed E-state index contributed by atoms with van der Waals surface area (Å²) < 4.78 is 3.63. The van der Waals surface area contributed by atoms with E-state index in [1.807, 2.05) is 38.5 Å². The summed E-state index contributed by atoms with van der Waals surface area (Å²) in [6.45, 7) is 9.88. The Morgan fingerprint density at radius 3 is 2.46 bits per heavy atom. The van der Waals surface area contributed by atoms with Gasteiger partial charge in [-0.05, 0) is 57.9 Å². The van der Waals surface area contributed by atoms with Crippen molar-refractivity contribution in [2.24, 2.45) is 7.05 Å². The normalized spacial score (nSPS) is 12.2. The number of aryl methyl sites for hydroxylation is 4. The van der Waals surface area contributed by atoms with Crippen LogP contribution in [-0.2, 0) is 11.8 Å². The summed E-state index contributed by atoms with van der Waals surface area (Å²) in [5.74, 6) is 0.383. The summed E-state index contributed by atoms with van der Waals surface area (Å²) in [5.41, 5.74) is 6.38. The van der Waals surface area contributed by atoms with E-state index in [0.29, 0.717) is 5.95 Å². The van der Waals surface area contributed by atoms with Crippen molar-refractivity contribution in [3.05, 3.63) is 53.0 Å². The number of rotatable bonds is 4. The number of carbonyl (C=O) groups is 1. The van der Waals surface area contributed by atoms with Gasteiger partial charge in [0.2, 0.25) is 5.95 Å². The molecule has 0 spiro atoms. The van der Waals surface area contributed by atoms with Crippen LogP contribution in [0.4, 0.5) is 5.95 Å². The quantitative estimate of drug-likeness (QED) is 0.779. The van der Waals surface area contributed by atoms with E-state index in [9.17, 15) is 4.79 Å².